The summed E-state index contributed by atoms with van der Waals surface area (Å²) in [5, 5.41) is 3.92. The van der Waals surface area contributed by atoms with Crippen LogP contribution in [0.15, 0.2) is 53.5 Å². The molecule has 0 radical (unpaired) electrons. The number of aliphatic imine (C=N–C) groups is 1. The highest BCUT2D eigenvalue weighted by Gasteiger charge is 2.44. The van der Waals surface area contributed by atoms with Gasteiger partial charge in [-0.3, -0.25) is 9.79 Å². The number of rotatable bonds is 6. The quantitative estimate of drug-likeness (QED) is 0.682. The molecule has 2 heterocycles. The molecule has 164 valence electrons. The summed E-state index contributed by atoms with van der Waals surface area (Å²) < 4.78 is 29.3. The van der Waals surface area contributed by atoms with Crippen molar-refractivity contribution in [2.75, 3.05) is 34.9 Å². The lowest BCUT2D eigenvalue weighted by molar-refractivity contribution is -0.114. The van der Waals surface area contributed by atoms with Crippen LogP contribution in [0.5, 0.6) is 5.75 Å². The standard InChI is InChI=1S/C21H22ClN3O4S2/c1-2-29-17-8-6-16(7-9-17)25(11-20(26)23-15-5-3-4-14(22)10-15)21-24-18-12-31(27,28)13-19(18)30-21/h3-10,18-19H,2,11-13H2,1H3,(H,23,26)/t18-,19+/m0/s1. The van der Waals surface area contributed by atoms with Gasteiger partial charge >= 0.3 is 0 Å². The molecule has 0 unspecified atom stereocenters. The van der Waals surface area contributed by atoms with Gasteiger partial charge in [0.15, 0.2) is 15.0 Å². The SMILES string of the molecule is CCOc1ccc(N(CC(=O)Nc2cccc(Cl)c2)C2=N[C@H]3CS(=O)(=O)C[C@H]3S2)cc1. The molecule has 1 N–H and O–H groups in total. The number of amidine groups is 1. The van der Waals surface area contributed by atoms with Crippen molar-refractivity contribution < 1.29 is 17.9 Å². The predicted octanol–water partition coefficient (Wildman–Crippen LogP) is 3.45. The van der Waals surface area contributed by atoms with Gasteiger partial charge in [0, 0.05) is 21.6 Å². The molecule has 1 amide bonds. The van der Waals surface area contributed by atoms with Gasteiger partial charge < -0.3 is 15.0 Å². The number of carbonyl (C=O) groups is 1. The number of amides is 1. The van der Waals surface area contributed by atoms with Crippen molar-refractivity contribution in [1.82, 2.24) is 0 Å². The summed E-state index contributed by atoms with van der Waals surface area (Å²) >= 11 is 7.42. The van der Waals surface area contributed by atoms with E-state index in [4.69, 9.17) is 16.3 Å². The van der Waals surface area contributed by atoms with Gasteiger partial charge in [-0.15, -0.1) is 0 Å². The zero-order valence-corrected chi connectivity index (χ0v) is 19.2. The Kier molecular flexibility index (Phi) is 6.45. The summed E-state index contributed by atoms with van der Waals surface area (Å²) in [5.41, 5.74) is 1.38. The first-order valence-corrected chi connectivity index (χ1v) is 12.9. The number of nitrogens with one attached hydrogen (secondary N) is 1. The van der Waals surface area contributed by atoms with E-state index in [2.05, 4.69) is 10.3 Å². The van der Waals surface area contributed by atoms with Crippen LogP contribution < -0.4 is 15.0 Å². The van der Waals surface area contributed by atoms with Gasteiger partial charge in [-0.25, -0.2) is 8.42 Å². The average Bonchev–Trinajstić information content (AvgIpc) is 3.20. The van der Waals surface area contributed by atoms with E-state index in [9.17, 15) is 13.2 Å². The number of benzene rings is 2. The topological polar surface area (TPSA) is 88.1 Å². The molecule has 2 atom stereocenters. The van der Waals surface area contributed by atoms with Crippen LogP contribution in [0.25, 0.3) is 0 Å². The second kappa shape index (κ2) is 9.10. The lowest BCUT2D eigenvalue weighted by Crippen LogP contribution is -2.36. The van der Waals surface area contributed by atoms with Crippen molar-refractivity contribution in [2.24, 2.45) is 4.99 Å². The Hall–Kier alpha value is -2.23. The normalized spacial score (nSPS) is 21.3. The van der Waals surface area contributed by atoms with E-state index in [0.29, 0.717) is 22.5 Å². The molecule has 1 saturated heterocycles. The molecule has 1 fully saturated rings. The Labute approximate surface area is 190 Å². The highest BCUT2D eigenvalue weighted by atomic mass is 35.5. The summed E-state index contributed by atoms with van der Waals surface area (Å²) in [4.78, 5) is 19.3. The van der Waals surface area contributed by atoms with Crippen LogP contribution >= 0.6 is 23.4 Å². The first kappa shape index (κ1) is 22.0. The van der Waals surface area contributed by atoms with E-state index in [1.807, 2.05) is 36.1 Å². The lowest BCUT2D eigenvalue weighted by atomic mass is 10.2. The number of nitrogens with zero attached hydrogens (tertiary/aromatic N) is 2. The Bertz CT molecular complexity index is 1110. The maximum atomic E-state index is 12.8. The van der Waals surface area contributed by atoms with Gasteiger partial charge in [0.25, 0.3) is 0 Å². The van der Waals surface area contributed by atoms with Crippen molar-refractivity contribution in [1.29, 1.82) is 0 Å². The Morgan fingerprint density at radius 2 is 2.03 bits per heavy atom. The van der Waals surface area contributed by atoms with Crippen molar-refractivity contribution in [3.63, 3.8) is 0 Å². The third kappa shape index (κ3) is 5.34. The van der Waals surface area contributed by atoms with Crippen LogP contribution in [0, 0.1) is 0 Å². The van der Waals surface area contributed by atoms with E-state index < -0.39 is 9.84 Å². The second-order valence-electron chi connectivity index (χ2n) is 7.28. The van der Waals surface area contributed by atoms with Crippen LogP contribution in [-0.4, -0.2) is 55.4 Å². The molecule has 31 heavy (non-hydrogen) atoms. The molecular formula is C21H22ClN3O4S2. The molecule has 2 aliphatic rings. The fourth-order valence-corrected chi connectivity index (χ4v) is 7.51. The molecule has 0 aliphatic carbocycles. The van der Waals surface area contributed by atoms with Crippen molar-refractivity contribution in [2.45, 2.75) is 18.2 Å². The summed E-state index contributed by atoms with van der Waals surface area (Å²) in [6.45, 7) is 2.50. The van der Waals surface area contributed by atoms with Crippen LogP contribution in [0.3, 0.4) is 0 Å². The first-order valence-electron chi connectivity index (χ1n) is 9.83. The number of hydrogen-bond acceptors (Lipinski definition) is 7. The molecule has 2 aromatic rings. The van der Waals surface area contributed by atoms with E-state index in [-0.39, 0.29) is 35.2 Å². The molecule has 7 nitrogen and oxygen atoms in total. The van der Waals surface area contributed by atoms with Crippen LogP contribution in [-0.2, 0) is 14.6 Å². The first-order chi connectivity index (χ1) is 14.8. The molecule has 10 heteroatoms. The van der Waals surface area contributed by atoms with Crippen molar-refractivity contribution in [3.8, 4) is 5.75 Å². The number of fused-ring (bicyclic) bond motifs is 1. The van der Waals surface area contributed by atoms with E-state index in [0.717, 1.165) is 11.4 Å². The molecule has 0 spiro atoms. The van der Waals surface area contributed by atoms with E-state index in [1.54, 1.807) is 24.3 Å². The molecular weight excluding hydrogens is 458 g/mol. The number of thioether (sulfide) groups is 1. The fraction of sp³-hybridized carbons (Fsp3) is 0.333. The van der Waals surface area contributed by atoms with Gasteiger partial charge in [0.2, 0.25) is 5.91 Å². The number of ether oxygens (including phenoxy) is 1. The smallest absolute Gasteiger partial charge is 0.244 e. The van der Waals surface area contributed by atoms with E-state index >= 15 is 0 Å². The Balaban J connectivity index is 1.56. The molecule has 0 aromatic heterocycles. The highest BCUT2D eigenvalue weighted by molar-refractivity contribution is 8.15. The van der Waals surface area contributed by atoms with Crippen molar-refractivity contribution in [3.05, 3.63) is 53.6 Å². The molecule has 4 rings (SSSR count). The Morgan fingerprint density at radius 1 is 1.26 bits per heavy atom. The van der Waals surface area contributed by atoms with Gasteiger partial charge in [0.1, 0.15) is 12.3 Å². The Morgan fingerprint density at radius 3 is 2.71 bits per heavy atom. The minimum Gasteiger partial charge on any atom is -0.494 e. The van der Waals surface area contributed by atoms with E-state index in [1.165, 1.54) is 11.8 Å². The molecule has 0 bridgehead atoms. The van der Waals surface area contributed by atoms with Crippen LogP contribution in [0.2, 0.25) is 5.02 Å². The molecule has 2 aliphatic heterocycles. The summed E-state index contributed by atoms with van der Waals surface area (Å²) in [5.74, 6) is 0.670. The van der Waals surface area contributed by atoms with Crippen molar-refractivity contribution >= 4 is 55.6 Å². The van der Waals surface area contributed by atoms with Gasteiger partial charge in [-0.1, -0.05) is 29.4 Å². The summed E-state index contributed by atoms with van der Waals surface area (Å²) in [6.07, 6.45) is 0. The molecule has 2 aromatic carbocycles. The summed E-state index contributed by atoms with van der Waals surface area (Å²) in [7, 11) is -3.05. The predicted molar refractivity (Wildman–Crippen MR) is 126 cm³/mol. The number of hydrogen-bond donors (Lipinski definition) is 1. The monoisotopic (exact) mass is 479 g/mol. The number of carbonyl (C=O) groups excluding carboxylic acids is 1. The third-order valence-corrected chi connectivity index (χ3v) is 8.39. The number of sulfone groups is 1. The van der Waals surface area contributed by atoms with Gasteiger partial charge in [-0.2, -0.15) is 0 Å². The molecule has 0 saturated carbocycles. The number of anilines is 2. The van der Waals surface area contributed by atoms with Gasteiger partial charge in [-0.05, 0) is 49.4 Å². The van der Waals surface area contributed by atoms with Crippen LogP contribution in [0.4, 0.5) is 11.4 Å². The third-order valence-electron chi connectivity index (χ3n) is 4.91. The fourth-order valence-electron chi connectivity index (χ4n) is 3.54. The highest BCUT2D eigenvalue weighted by Crippen LogP contribution is 2.37. The van der Waals surface area contributed by atoms with Gasteiger partial charge in [0.05, 0.1) is 24.2 Å². The largest absolute Gasteiger partial charge is 0.494 e. The maximum absolute atomic E-state index is 12.8. The second-order valence-corrected chi connectivity index (χ2v) is 11.1. The summed E-state index contributed by atoms with van der Waals surface area (Å²) in [6, 6.07) is 14.1. The zero-order valence-electron chi connectivity index (χ0n) is 16.8. The minimum atomic E-state index is -3.05. The minimum absolute atomic E-state index is 0.0263. The lowest BCUT2D eigenvalue weighted by Gasteiger charge is -2.24. The number of halogens is 1. The zero-order chi connectivity index (χ0) is 22.0. The van der Waals surface area contributed by atoms with Crippen LogP contribution in [0.1, 0.15) is 6.92 Å². The average molecular weight is 480 g/mol. The maximum Gasteiger partial charge on any atom is 0.244 e.